The number of anilines is 3. The quantitative estimate of drug-likeness (QED) is 0.671. The highest BCUT2D eigenvalue weighted by Crippen LogP contribution is 2.33. The number of carbonyl (C=O) groups excluding carboxylic acids is 2. The van der Waals surface area contributed by atoms with Crippen molar-refractivity contribution in [2.75, 3.05) is 36.4 Å². The number of piperidine rings is 1. The molecule has 33 heavy (non-hydrogen) atoms. The maximum absolute atomic E-state index is 12.4. The predicted octanol–water partition coefficient (Wildman–Crippen LogP) is 4.15. The number of nitrogens with zero attached hydrogens (tertiary/aromatic N) is 2. The van der Waals surface area contributed by atoms with Crippen LogP contribution in [0.15, 0.2) is 48.5 Å². The van der Waals surface area contributed by atoms with Gasteiger partial charge in [-0.1, -0.05) is 19.1 Å². The van der Waals surface area contributed by atoms with Gasteiger partial charge in [-0.15, -0.1) is 0 Å². The van der Waals surface area contributed by atoms with Gasteiger partial charge in [0.1, 0.15) is 0 Å². The van der Waals surface area contributed by atoms with Crippen molar-refractivity contribution in [1.29, 1.82) is 0 Å². The molecule has 2 saturated heterocycles. The highest BCUT2D eigenvalue weighted by Gasteiger charge is 2.41. The summed E-state index contributed by atoms with van der Waals surface area (Å²) in [5, 5.41) is 6.47. The Kier molecular flexibility index (Phi) is 6.25. The fourth-order valence-electron chi connectivity index (χ4n) is 4.64. The monoisotopic (exact) mass is 446 g/mol. The molecule has 6 nitrogen and oxygen atoms in total. The van der Waals surface area contributed by atoms with Crippen molar-refractivity contribution in [3.05, 3.63) is 54.1 Å². The number of rotatable bonds is 7. The zero-order valence-electron chi connectivity index (χ0n) is 19.4. The van der Waals surface area contributed by atoms with E-state index in [1.807, 2.05) is 29.2 Å². The summed E-state index contributed by atoms with van der Waals surface area (Å²) in [4.78, 5) is 28.6. The lowest BCUT2D eigenvalue weighted by atomic mass is 9.98. The summed E-state index contributed by atoms with van der Waals surface area (Å²) in [6.45, 7) is 6.27. The van der Waals surface area contributed by atoms with Gasteiger partial charge in [-0.2, -0.15) is 0 Å². The van der Waals surface area contributed by atoms with Crippen molar-refractivity contribution in [2.24, 2.45) is 17.8 Å². The first-order valence-electron chi connectivity index (χ1n) is 12.3. The molecule has 1 aliphatic carbocycles. The Labute approximate surface area is 196 Å². The second-order valence-electron chi connectivity index (χ2n) is 9.97. The van der Waals surface area contributed by atoms with E-state index in [4.69, 9.17) is 0 Å². The van der Waals surface area contributed by atoms with Crippen molar-refractivity contribution in [1.82, 2.24) is 10.2 Å². The molecule has 174 valence electrons. The van der Waals surface area contributed by atoms with Crippen molar-refractivity contribution < 1.29 is 9.59 Å². The minimum absolute atomic E-state index is 0.0419. The molecule has 2 N–H and O–H groups in total. The van der Waals surface area contributed by atoms with Crippen LogP contribution in [-0.2, 0) is 16.1 Å². The Balaban J connectivity index is 1.06. The molecule has 1 saturated carbocycles. The minimum Gasteiger partial charge on any atom is -0.372 e. The van der Waals surface area contributed by atoms with Gasteiger partial charge in [-0.3, -0.25) is 9.59 Å². The van der Waals surface area contributed by atoms with Gasteiger partial charge >= 0.3 is 0 Å². The first kappa shape index (κ1) is 21.8. The summed E-state index contributed by atoms with van der Waals surface area (Å²) >= 11 is 0. The lowest BCUT2D eigenvalue weighted by Gasteiger charge is -2.38. The van der Waals surface area contributed by atoms with Gasteiger partial charge in [-0.05, 0) is 73.6 Å². The Hall–Kier alpha value is -3.02. The lowest BCUT2D eigenvalue weighted by Crippen LogP contribution is -2.56. The SMILES string of the molecule is CC1CCN(c2ccc(Nc3ccc(CNC(=O)C4CN(C(=O)C5CC5)C4)cc3)cc2)CC1. The molecule has 0 radical (unpaired) electrons. The van der Waals surface area contributed by atoms with E-state index in [-0.39, 0.29) is 23.7 Å². The van der Waals surface area contributed by atoms with Crippen LogP contribution in [0.1, 0.15) is 38.2 Å². The zero-order chi connectivity index (χ0) is 22.8. The maximum Gasteiger partial charge on any atom is 0.226 e. The van der Waals surface area contributed by atoms with Crippen LogP contribution in [0.4, 0.5) is 17.1 Å². The molecule has 0 unspecified atom stereocenters. The number of carbonyl (C=O) groups is 2. The third kappa shape index (κ3) is 5.32. The van der Waals surface area contributed by atoms with E-state index in [1.165, 1.54) is 18.5 Å². The van der Waals surface area contributed by atoms with Crippen LogP contribution in [0.3, 0.4) is 0 Å². The van der Waals surface area contributed by atoms with E-state index in [1.54, 1.807) is 0 Å². The average Bonchev–Trinajstić information content (AvgIpc) is 3.64. The Bertz CT molecular complexity index is 970. The molecular weight excluding hydrogens is 412 g/mol. The number of hydrogen-bond donors (Lipinski definition) is 2. The highest BCUT2D eigenvalue weighted by atomic mass is 16.2. The van der Waals surface area contributed by atoms with E-state index >= 15 is 0 Å². The van der Waals surface area contributed by atoms with Crippen LogP contribution in [0.2, 0.25) is 0 Å². The molecule has 2 aromatic rings. The topological polar surface area (TPSA) is 64.7 Å². The summed E-state index contributed by atoms with van der Waals surface area (Å²) < 4.78 is 0. The van der Waals surface area contributed by atoms with Gasteiger partial charge in [0.15, 0.2) is 0 Å². The first-order chi connectivity index (χ1) is 16.0. The molecule has 0 spiro atoms. The molecule has 2 aliphatic heterocycles. The third-order valence-corrected chi connectivity index (χ3v) is 7.22. The average molecular weight is 447 g/mol. The largest absolute Gasteiger partial charge is 0.372 e. The van der Waals surface area contributed by atoms with E-state index < -0.39 is 0 Å². The van der Waals surface area contributed by atoms with Crippen LogP contribution in [0.5, 0.6) is 0 Å². The Morgan fingerprint density at radius 2 is 1.45 bits per heavy atom. The van der Waals surface area contributed by atoms with Gasteiger partial charge in [0.05, 0.1) is 5.92 Å². The zero-order valence-corrected chi connectivity index (χ0v) is 19.4. The summed E-state index contributed by atoms with van der Waals surface area (Å²) in [5.74, 6) is 1.28. The second-order valence-corrected chi connectivity index (χ2v) is 9.97. The number of amides is 2. The molecular formula is C27H34N4O2. The Morgan fingerprint density at radius 1 is 0.848 bits per heavy atom. The van der Waals surface area contributed by atoms with Crippen molar-refractivity contribution >= 4 is 28.9 Å². The fourth-order valence-corrected chi connectivity index (χ4v) is 4.64. The van der Waals surface area contributed by atoms with Crippen molar-refractivity contribution in [3.63, 3.8) is 0 Å². The molecule has 2 amide bonds. The Morgan fingerprint density at radius 3 is 2.06 bits per heavy atom. The van der Waals surface area contributed by atoms with E-state index in [9.17, 15) is 9.59 Å². The molecule has 2 aromatic carbocycles. The fraction of sp³-hybridized carbons (Fsp3) is 0.481. The third-order valence-electron chi connectivity index (χ3n) is 7.22. The van der Waals surface area contributed by atoms with Crippen LogP contribution < -0.4 is 15.5 Å². The predicted molar refractivity (Wildman–Crippen MR) is 131 cm³/mol. The van der Waals surface area contributed by atoms with Crippen LogP contribution in [0, 0.1) is 17.8 Å². The molecule has 3 aliphatic rings. The number of likely N-dealkylation sites (tertiary alicyclic amines) is 1. The standard InChI is InChI=1S/C27H34N4O2/c1-19-12-14-30(15-13-19)25-10-8-24(9-11-25)29-23-6-2-20(3-7-23)16-28-26(32)22-17-31(18-22)27(33)21-4-5-21/h2-3,6-11,19,21-22,29H,4-5,12-18H2,1H3,(H,28,32). The lowest BCUT2D eigenvalue weighted by molar-refractivity contribution is -0.144. The molecule has 6 heteroatoms. The molecule has 2 heterocycles. The first-order valence-corrected chi connectivity index (χ1v) is 12.3. The summed E-state index contributed by atoms with van der Waals surface area (Å²) in [6, 6.07) is 16.8. The van der Waals surface area contributed by atoms with E-state index in [0.29, 0.717) is 19.6 Å². The second kappa shape index (κ2) is 9.46. The van der Waals surface area contributed by atoms with E-state index in [0.717, 1.165) is 48.8 Å². The van der Waals surface area contributed by atoms with Gasteiger partial charge in [0.2, 0.25) is 11.8 Å². The molecule has 3 fully saturated rings. The minimum atomic E-state index is -0.0649. The van der Waals surface area contributed by atoms with Gasteiger partial charge in [0.25, 0.3) is 0 Å². The van der Waals surface area contributed by atoms with Crippen LogP contribution >= 0.6 is 0 Å². The molecule has 0 bridgehead atoms. The molecule has 5 rings (SSSR count). The molecule has 0 atom stereocenters. The number of hydrogen-bond acceptors (Lipinski definition) is 4. The van der Waals surface area contributed by atoms with Gasteiger partial charge in [0, 0.05) is 55.7 Å². The van der Waals surface area contributed by atoms with Crippen molar-refractivity contribution in [3.8, 4) is 0 Å². The molecule has 0 aromatic heterocycles. The van der Waals surface area contributed by atoms with E-state index in [2.05, 4.69) is 46.7 Å². The van der Waals surface area contributed by atoms with Gasteiger partial charge in [-0.25, -0.2) is 0 Å². The highest BCUT2D eigenvalue weighted by molar-refractivity contribution is 5.86. The van der Waals surface area contributed by atoms with Crippen LogP contribution in [-0.4, -0.2) is 42.9 Å². The smallest absolute Gasteiger partial charge is 0.226 e. The van der Waals surface area contributed by atoms with Crippen molar-refractivity contribution in [2.45, 2.75) is 39.2 Å². The summed E-state index contributed by atoms with van der Waals surface area (Å²) in [7, 11) is 0. The van der Waals surface area contributed by atoms with Gasteiger partial charge < -0.3 is 20.4 Å². The normalized spacial score (nSPS) is 19.2. The maximum atomic E-state index is 12.4. The summed E-state index contributed by atoms with van der Waals surface area (Å²) in [5.41, 5.74) is 4.46. The summed E-state index contributed by atoms with van der Waals surface area (Å²) in [6.07, 6.45) is 4.57. The number of nitrogens with one attached hydrogen (secondary N) is 2. The number of benzene rings is 2. The van der Waals surface area contributed by atoms with Crippen LogP contribution in [0.25, 0.3) is 0 Å².